The van der Waals surface area contributed by atoms with E-state index in [0.29, 0.717) is 12.0 Å². The Bertz CT molecular complexity index is 483. The first-order chi connectivity index (χ1) is 8.93. The van der Waals surface area contributed by atoms with Crippen LogP contribution in [0.5, 0.6) is 0 Å². The molecule has 0 aliphatic carbocycles. The molecule has 0 saturated carbocycles. The quantitative estimate of drug-likeness (QED) is 0.592. The van der Waals surface area contributed by atoms with E-state index in [2.05, 4.69) is 5.32 Å². The smallest absolute Gasteiger partial charge is 0.326 e. The monoisotopic (exact) mass is 266 g/mol. The number of nitrogens with one attached hydrogen (secondary N) is 1. The standard InChI is InChI=1S/C12H14N2O5/c1-2-10(12(16)17)13-11(15)7-8-3-5-9(6-4-8)14(18)19/h3-6,10H,2,7H2,1H3,(H,13,15)(H,16,17)/t10-/m0/s1. The van der Waals surface area contributed by atoms with E-state index < -0.39 is 22.8 Å². The number of non-ortho nitro benzene ring substituents is 1. The summed E-state index contributed by atoms with van der Waals surface area (Å²) in [5.74, 6) is -1.51. The number of nitro benzene ring substituents is 1. The molecule has 0 bridgehead atoms. The minimum absolute atomic E-state index is 0.0121. The third kappa shape index (κ3) is 4.38. The lowest BCUT2D eigenvalue weighted by molar-refractivity contribution is -0.384. The number of benzene rings is 1. The number of nitrogens with zero attached hydrogens (tertiary/aromatic N) is 1. The van der Waals surface area contributed by atoms with Crippen molar-refractivity contribution in [3.63, 3.8) is 0 Å². The largest absolute Gasteiger partial charge is 0.480 e. The third-order valence-electron chi connectivity index (χ3n) is 2.55. The van der Waals surface area contributed by atoms with Crippen molar-refractivity contribution in [2.75, 3.05) is 0 Å². The van der Waals surface area contributed by atoms with Gasteiger partial charge in [-0.2, -0.15) is 0 Å². The van der Waals surface area contributed by atoms with Crippen LogP contribution in [-0.2, 0) is 16.0 Å². The van der Waals surface area contributed by atoms with Crippen molar-refractivity contribution in [1.82, 2.24) is 5.32 Å². The Labute approximate surface area is 109 Å². The van der Waals surface area contributed by atoms with E-state index in [1.54, 1.807) is 6.92 Å². The van der Waals surface area contributed by atoms with Gasteiger partial charge in [0.15, 0.2) is 0 Å². The molecule has 0 aromatic heterocycles. The molecule has 0 aliphatic rings. The highest BCUT2D eigenvalue weighted by molar-refractivity contribution is 5.84. The van der Waals surface area contributed by atoms with Crippen LogP contribution in [0, 0.1) is 10.1 Å². The van der Waals surface area contributed by atoms with Crippen molar-refractivity contribution >= 4 is 17.6 Å². The minimum atomic E-state index is -1.08. The molecule has 102 valence electrons. The summed E-state index contributed by atoms with van der Waals surface area (Å²) in [6, 6.07) is 4.64. The van der Waals surface area contributed by atoms with E-state index in [1.165, 1.54) is 24.3 Å². The number of carboxylic acids is 1. The number of hydrogen-bond donors (Lipinski definition) is 2. The van der Waals surface area contributed by atoms with Crippen LogP contribution in [0.25, 0.3) is 0 Å². The zero-order chi connectivity index (χ0) is 14.4. The van der Waals surface area contributed by atoms with Crippen molar-refractivity contribution < 1.29 is 19.6 Å². The zero-order valence-corrected chi connectivity index (χ0v) is 10.3. The first-order valence-electron chi connectivity index (χ1n) is 5.69. The molecule has 0 radical (unpaired) electrons. The van der Waals surface area contributed by atoms with Gasteiger partial charge in [-0.05, 0) is 12.0 Å². The van der Waals surface area contributed by atoms with Crippen LogP contribution in [-0.4, -0.2) is 27.9 Å². The maximum absolute atomic E-state index is 11.6. The summed E-state index contributed by atoms with van der Waals surface area (Å²) in [5.41, 5.74) is 0.532. The molecule has 7 nitrogen and oxygen atoms in total. The Balaban J connectivity index is 2.61. The summed E-state index contributed by atoms with van der Waals surface area (Å²) in [6.45, 7) is 1.66. The van der Waals surface area contributed by atoms with Crippen LogP contribution in [0.3, 0.4) is 0 Å². The van der Waals surface area contributed by atoms with Gasteiger partial charge < -0.3 is 10.4 Å². The summed E-state index contributed by atoms with van der Waals surface area (Å²) in [4.78, 5) is 32.3. The van der Waals surface area contributed by atoms with Crippen molar-refractivity contribution in [2.24, 2.45) is 0 Å². The predicted molar refractivity (Wildman–Crippen MR) is 66.7 cm³/mol. The van der Waals surface area contributed by atoms with Crippen LogP contribution >= 0.6 is 0 Å². The average Bonchev–Trinajstić information content (AvgIpc) is 2.36. The van der Waals surface area contributed by atoms with Gasteiger partial charge in [0, 0.05) is 12.1 Å². The van der Waals surface area contributed by atoms with E-state index in [1.807, 2.05) is 0 Å². The molecule has 1 atom stereocenters. The van der Waals surface area contributed by atoms with Crippen LogP contribution < -0.4 is 5.32 Å². The van der Waals surface area contributed by atoms with E-state index in [0.717, 1.165) is 0 Å². The first kappa shape index (κ1) is 14.6. The Kier molecular flexibility index (Phi) is 4.99. The topological polar surface area (TPSA) is 110 Å². The number of carbonyl (C=O) groups is 2. The van der Waals surface area contributed by atoms with Gasteiger partial charge in [-0.15, -0.1) is 0 Å². The Hall–Kier alpha value is -2.44. The van der Waals surface area contributed by atoms with Crippen molar-refractivity contribution in [3.8, 4) is 0 Å². The molecule has 1 amide bonds. The molecule has 2 N–H and O–H groups in total. The first-order valence-corrected chi connectivity index (χ1v) is 5.69. The minimum Gasteiger partial charge on any atom is -0.480 e. The molecule has 1 rings (SSSR count). The molecule has 0 fully saturated rings. The SMILES string of the molecule is CC[C@H](NC(=O)Cc1ccc([N+](=O)[O-])cc1)C(=O)O. The van der Waals surface area contributed by atoms with E-state index in [-0.39, 0.29) is 12.1 Å². The number of carbonyl (C=O) groups excluding carboxylic acids is 1. The van der Waals surface area contributed by atoms with Crippen LogP contribution in [0.15, 0.2) is 24.3 Å². The molecule has 0 spiro atoms. The second kappa shape index (κ2) is 6.48. The number of carboxylic acid groups (broad SMARTS) is 1. The molecule has 1 aromatic rings. The van der Waals surface area contributed by atoms with E-state index >= 15 is 0 Å². The van der Waals surface area contributed by atoms with E-state index in [4.69, 9.17) is 5.11 Å². The Morgan fingerprint density at radius 3 is 2.37 bits per heavy atom. The maximum Gasteiger partial charge on any atom is 0.326 e. The Morgan fingerprint density at radius 1 is 1.37 bits per heavy atom. The number of rotatable bonds is 6. The molecular formula is C12H14N2O5. The highest BCUT2D eigenvalue weighted by atomic mass is 16.6. The highest BCUT2D eigenvalue weighted by Crippen LogP contribution is 2.12. The number of hydrogen-bond acceptors (Lipinski definition) is 4. The van der Waals surface area contributed by atoms with Crippen LogP contribution in [0.4, 0.5) is 5.69 Å². The lowest BCUT2D eigenvalue weighted by Gasteiger charge is -2.11. The van der Waals surface area contributed by atoms with Gasteiger partial charge in [0.1, 0.15) is 6.04 Å². The van der Waals surface area contributed by atoms with Gasteiger partial charge >= 0.3 is 5.97 Å². The molecule has 0 saturated heterocycles. The summed E-state index contributed by atoms with van der Waals surface area (Å²) in [6.07, 6.45) is 0.281. The van der Waals surface area contributed by atoms with Gasteiger partial charge in [0.2, 0.25) is 5.91 Å². The van der Waals surface area contributed by atoms with Crippen molar-refractivity contribution in [1.29, 1.82) is 0 Å². The molecule has 1 aromatic carbocycles. The molecule has 0 unspecified atom stereocenters. The highest BCUT2D eigenvalue weighted by Gasteiger charge is 2.17. The van der Waals surface area contributed by atoms with Gasteiger partial charge in [-0.1, -0.05) is 19.1 Å². The summed E-state index contributed by atoms with van der Waals surface area (Å²) in [7, 11) is 0. The second-order valence-corrected chi connectivity index (χ2v) is 3.97. The molecule has 0 heterocycles. The van der Waals surface area contributed by atoms with Gasteiger partial charge in [0.25, 0.3) is 5.69 Å². The fourth-order valence-corrected chi connectivity index (χ4v) is 1.50. The van der Waals surface area contributed by atoms with Crippen LogP contribution in [0.1, 0.15) is 18.9 Å². The summed E-state index contributed by atoms with van der Waals surface area (Å²) in [5, 5.41) is 21.6. The van der Waals surface area contributed by atoms with Crippen LogP contribution in [0.2, 0.25) is 0 Å². The lowest BCUT2D eigenvalue weighted by Crippen LogP contribution is -2.40. The van der Waals surface area contributed by atoms with Gasteiger partial charge in [0.05, 0.1) is 11.3 Å². The lowest BCUT2D eigenvalue weighted by atomic mass is 10.1. The normalized spacial score (nSPS) is 11.6. The number of nitro groups is 1. The maximum atomic E-state index is 11.6. The zero-order valence-electron chi connectivity index (χ0n) is 10.3. The van der Waals surface area contributed by atoms with Gasteiger partial charge in [-0.3, -0.25) is 14.9 Å². The number of amides is 1. The molecule has 0 aliphatic heterocycles. The fourth-order valence-electron chi connectivity index (χ4n) is 1.50. The fraction of sp³-hybridized carbons (Fsp3) is 0.333. The molecule has 19 heavy (non-hydrogen) atoms. The van der Waals surface area contributed by atoms with E-state index in [9.17, 15) is 19.7 Å². The summed E-state index contributed by atoms with van der Waals surface area (Å²) < 4.78 is 0. The second-order valence-electron chi connectivity index (χ2n) is 3.97. The average molecular weight is 266 g/mol. The van der Waals surface area contributed by atoms with Crippen molar-refractivity contribution in [3.05, 3.63) is 39.9 Å². The summed E-state index contributed by atoms with van der Waals surface area (Å²) >= 11 is 0. The van der Waals surface area contributed by atoms with Crippen molar-refractivity contribution in [2.45, 2.75) is 25.8 Å². The number of aliphatic carboxylic acids is 1. The molecular weight excluding hydrogens is 252 g/mol. The molecule has 7 heteroatoms. The predicted octanol–water partition coefficient (Wildman–Crippen LogP) is 1.12. The van der Waals surface area contributed by atoms with Gasteiger partial charge in [-0.25, -0.2) is 4.79 Å². The Morgan fingerprint density at radius 2 is 1.95 bits per heavy atom. The third-order valence-corrected chi connectivity index (χ3v) is 2.55.